The van der Waals surface area contributed by atoms with Crippen molar-refractivity contribution >= 4 is 22.7 Å². The summed E-state index contributed by atoms with van der Waals surface area (Å²) in [5.74, 6) is -0.101. The minimum absolute atomic E-state index is 0.00723. The van der Waals surface area contributed by atoms with Crippen molar-refractivity contribution in [1.82, 2.24) is 5.32 Å². The van der Waals surface area contributed by atoms with Crippen LogP contribution in [0.4, 0.5) is 0 Å². The fourth-order valence-corrected chi connectivity index (χ4v) is 4.85. The Hall–Kier alpha value is -3.15. The first-order valence-electron chi connectivity index (χ1n) is 11.1. The lowest BCUT2D eigenvalue weighted by Gasteiger charge is -2.31. The molecule has 168 valence electrons. The zero-order chi connectivity index (χ0) is 23.0. The number of Topliss-reactive ketones (excluding diaryl/α,β-unsaturated/α-hetero) is 1. The summed E-state index contributed by atoms with van der Waals surface area (Å²) in [6.07, 6.45) is 4.85. The number of hydrogen-bond acceptors (Lipinski definition) is 6. The first-order valence-corrected chi connectivity index (χ1v) is 11.1. The van der Waals surface area contributed by atoms with Gasteiger partial charge in [-0.15, -0.1) is 0 Å². The molecule has 1 saturated carbocycles. The quantitative estimate of drug-likeness (QED) is 0.665. The molecule has 2 aliphatic rings. The number of esters is 1. The summed E-state index contributed by atoms with van der Waals surface area (Å²) in [5, 5.41) is 3.63. The van der Waals surface area contributed by atoms with Gasteiger partial charge in [0.25, 0.3) is 0 Å². The van der Waals surface area contributed by atoms with Crippen molar-refractivity contribution in [2.45, 2.75) is 58.8 Å². The minimum atomic E-state index is -0.675. The summed E-state index contributed by atoms with van der Waals surface area (Å²) < 4.78 is 11.1. The van der Waals surface area contributed by atoms with E-state index in [-0.39, 0.29) is 11.2 Å². The van der Waals surface area contributed by atoms with Gasteiger partial charge in [-0.2, -0.15) is 0 Å². The average molecular weight is 436 g/mol. The van der Waals surface area contributed by atoms with Gasteiger partial charge in [0.15, 0.2) is 11.2 Å². The number of nitrogens with one attached hydrogen (secondary N) is 1. The predicted octanol–water partition coefficient (Wildman–Crippen LogP) is 4.66. The monoisotopic (exact) mass is 435 g/mol. The molecule has 1 aliphatic carbocycles. The SMILES string of the molecule is COC(=O)C1=C(C)NC(C)=C(C(=O)CCC2CCC2)C1c1cccc2c(=O)cc(C)oc12. The molecule has 1 N–H and O–H groups in total. The van der Waals surface area contributed by atoms with Crippen molar-refractivity contribution < 1.29 is 18.7 Å². The largest absolute Gasteiger partial charge is 0.466 e. The third-order valence-corrected chi connectivity index (χ3v) is 6.69. The Morgan fingerprint density at radius 2 is 1.84 bits per heavy atom. The summed E-state index contributed by atoms with van der Waals surface area (Å²) in [6, 6.07) is 6.74. The van der Waals surface area contributed by atoms with Crippen LogP contribution >= 0.6 is 0 Å². The van der Waals surface area contributed by atoms with Crippen LogP contribution in [0.2, 0.25) is 0 Å². The molecule has 4 rings (SSSR count). The number of benzene rings is 1. The lowest BCUT2D eigenvalue weighted by Crippen LogP contribution is -2.32. The van der Waals surface area contributed by atoms with Gasteiger partial charge in [0.1, 0.15) is 11.3 Å². The van der Waals surface area contributed by atoms with E-state index in [2.05, 4.69) is 5.32 Å². The van der Waals surface area contributed by atoms with Gasteiger partial charge in [-0.05, 0) is 39.2 Å². The molecule has 0 bridgehead atoms. The van der Waals surface area contributed by atoms with Crippen LogP contribution in [0.15, 0.2) is 56.0 Å². The summed E-state index contributed by atoms with van der Waals surface area (Å²) in [7, 11) is 1.33. The lowest BCUT2D eigenvalue weighted by molar-refractivity contribution is -0.136. The highest BCUT2D eigenvalue weighted by Gasteiger charge is 2.38. The number of aryl methyl sites for hydroxylation is 1. The van der Waals surface area contributed by atoms with Gasteiger partial charge < -0.3 is 14.5 Å². The molecule has 0 spiro atoms. The molecule has 1 fully saturated rings. The molecule has 6 nitrogen and oxygen atoms in total. The van der Waals surface area contributed by atoms with Gasteiger partial charge >= 0.3 is 5.97 Å². The van der Waals surface area contributed by atoms with E-state index in [1.54, 1.807) is 26.0 Å². The zero-order valence-corrected chi connectivity index (χ0v) is 19.0. The highest BCUT2D eigenvalue weighted by molar-refractivity contribution is 6.04. The number of para-hydroxylation sites is 1. The van der Waals surface area contributed by atoms with Crippen LogP contribution in [0.3, 0.4) is 0 Å². The van der Waals surface area contributed by atoms with Crippen molar-refractivity contribution in [3.63, 3.8) is 0 Å². The van der Waals surface area contributed by atoms with E-state index in [4.69, 9.17) is 9.15 Å². The first-order chi connectivity index (χ1) is 15.3. The Balaban J connectivity index is 1.89. The topological polar surface area (TPSA) is 85.6 Å². The number of carbonyl (C=O) groups excluding carboxylic acids is 2. The molecule has 2 aromatic rings. The van der Waals surface area contributed by atoms with Crippen LogP contribution in [0, 0.1) is 12.8 Å². The van der Waals surface area contributed by atoms with Crippen molar-refractivity contribution in [2.75, 3.05) is 7.11 Å². The molecule has 2 heterocycles. The Labute approximate surface area is 187 Å². The standard InChI is InChI=1S/C26H29NO5/c1-14-13-21(29)18-9-6-10-19(25(18)32-14)24-22(20(28)12-11-17-7-5-8-17)15(2)27-16(3)23(24)26(30)31-4/h6,9-10,13,17,24,27H,5,7-8,11-12H2,1-4H3. The van der Waals surface area contributed by atoms with Gasteiger partial charge in [-0.1, -0.05) is 31.4 Å². The van der Waals surface area contributed by atoms with Crippen molar-refractivity contribution in [3.8, 4) is 0 Å². The van der Waals surface area contributed by atoms with E-state index < -0.39 is 11.9 Å². The molecule has 32 heavy (non-hydrogen) atoms. The fourth-order valence-electron chi connectivity index (χ4n) is 4.85. The zero-order valence-electron chi connectivity index (χ0n) is 19.0. The first kappa shape index (κ1) is 22.1. The van der Waals surface area contributed by atoms with E-state index in [1.807, 2.05) is 13.0 Å². The Morgan fingerprint density at radius 1 is 1.12 bits per heavy atom. The number of dihydropyridines is 1. The smallest absolute Gasteiger partial charge is 0.336 e. The minimum Gasteiger partial charge on any atom is -0.466 e. The fraction of sp³-hybridized carbons (Fsp3) is 0.423. The number of ketones is 1. The Bertz CT molecular complexity index is 1210. The maximum atomic E-state index is 13.5. The molecule has 0 saturated heterocycles. The summed E-state index contributed by atoms with van der Waals surface area (Å²) in [4.78, 5) is 39.0. The molecule has 6 heteroatoms. The maximum Gasteiger partial charge on any atom is 0.336 e. The predicted molar refractivity (Wildman–Crippen MR) is 122 cm³/mol. The van der Waals surface area contributed by atoms with Crippen molar-refractivity contribution in [1.29, 1.82) is 0 Å². The second-order valence-electron chi connectivity index (χ2n) is 8.83. The lowest BCUT2D eigenvalue weighted by atomic mass is 9.76. The summed E-state index contributed by atoms with van der Waals surface area (Å²) >= 11 is 0. The van der Waals surface area contributed by atoms with E-state index in [1.165, 1.54) is 32.4 Å². The molecule has 1 atom stereocenters. The molecule has 0 amide bonds. The normalized spacial score (nSPS) is 19.1. The van der Waals surface area contributed by atoms with Gasteiger partial charge in [-0.3, -0.25) is 9.59 Å². The van der Waals surface area contributed by atoms with Gasteiger partial charge in [0.2, 0.25) is 0 Å². The molecule has 1 unspecified atom stereocenters. The molecule has 0 radical (unpaired) electrons. The molecule has 1 aromatic carbocycles. The van der Waals surface area contributed by atoms with Crippen LogP contribution in [0.5, 0.6) is 0 Å². The number of ether oxygens (including phenoxy) is 1. The van der Waals surface area contributed by atoms with E-state index in [0.717, 1.165) is 6.42 Å². The second kappa shape index (κ2) is 8.77. The van der Waals surface area contributed by atoms with Crippen LogP contribution in [-0.2, 0) is 14.3 Å². The number of hydrogen-bond donors (Lipinski definition) is 1. The van der Waals surface area contributed by atoms with Crippen LogP contribution in [-0.4, -0.2) is 18.9 Å². The molecule has 1 aromatic heterocycles. The van der Waals surface area contributed by atoms with E-state index >= 15 is 0 Å². The molecule has 1 aliphatic heterocycles. The van der Waals surface area contributed by atoms with Gasteiger partial charge in [0, 0.05) is 35.0 Å². The number of methoxy groups -OCH3 is 1. The average Bonchev–Trinajstić information content (AvgIpc) is 2.71. The summed E-state index contributed by atoms with van der Waals surface area (Å²) in [6.45, 7) is 5.37. The molecular formula is C26H29NO5. The summed E-state index contributed by atoms with van der Waals surface area (Å²) in [5.41, 5.74) is 3.10. The second-order valence-corrected chi connectivity index (χ2v) is 8.83. The van der Waals surface area contributed by atoms with Crippen LogP contribution < -0.4 is 10.7 Å². The van der Waals surface area contributed by atoms with E-state index in [9.17, 15) is 14.4 Å². The number of rotatable bonds is 6. The van der Waals surface area contributed by atoms with Crippen molar-refractivity contribution in [3.05, 3.63) is 68.4 Å². The van der Waals surface area contributed by atoms with Crippen LogP contribution in [0.25, 0.3) is 11.0 Å². The number of carbonyl (C=O) groups is 2. The highest BCUT2D eigenvalue weighted by atomic mass is 16.5. The maximum absolute atomic E-state index is 13.5. The Kier molecular flexibility index (Phi) is 6.04. The number of allylic oxidation sites excluding steroid dienone is 3. The number of fused-ring (bicyclic) bond motifs is 1. The molecular weight excluding hydrogens is 406 g/mol. The van der Waals surface area contributed by atoms with Crippen molar-refractivity contribution in [2.24, 2.45) is 5.92 Å². The Morgan fingerprint density at radius 3 is 2.50 bits per heavy atom. The van der Waals surface area contributed by atoms with Gasteiger partial charge in [-0.25, -0.2) is 4.79 Å². The third kappa shape index (κ3) is 3.90. The van der Waals surface area contributed by atoms with Gasteiger partial charge in [0.05, 0.1) is 24.0 Å². The highest BCUT2D eigenvalue weighted by Crippen LogP contribution is 2.42. The van der Waals surface area contributed by atoms with Crippen LogP contribution in [0.1, 0.15) is 63.2 Å². The third-order valence-electron chi connectivity index (χ3n) is 6.69. The van der Waals surface area contributed by atoms with E-state index in [0.29, 0.717) is 57.2 Å².